The largest absolute Gasteiger partial charge is 0.478 e. The van der Waals surface area contributed by atoms with Gasteiger partial charge in [0.1, 0.15) is 5.15 Å². The lowest BCUT2D eigenvalue weighted by Crippen LogP contribution is -1.99. The van der Waals surface area contributed by atoms with E-state index in [1.807, 2.05) is 13.0 Å². The Morgan fingerprint density at radius 3 is 2.87 bits per heavy atom. The van der Waals surface area contributed by atoms with Crippen LogP contribution in [0.1, 0.15) is 15.9 Å². The molecule has 0 atom stereocenters. The van der Waals surface area contributed by atoms with Crippen LogP contribution in [-0.4, -0.2) is 16.1 Å². The van der Waals surface area contributed by atoms with E-state index in [4.69, 9.17) is 16.7 Å². The minimum atomic E-state index is -0.991. The fourth-order valence-corrected chi connectivity index (χ4v) is 1.82. The second-order valence-electron chi connectivity index (χ2n) is 3.27. The molecule has 2 aromatic rings. The summed E-state index contributed by atoms with van der Waals surface area (Å²) in [4.78, 5) is 14.9. The van der Waals surface area contributed by atoms with Crippen molar-refractivity contribution in [3.05, 3.63) is 40.7 Å². The van der Waals surface area contributed by atoms with Gasteiger partial charge in [-0.15, -0.1) is 0 Å². The van der Waals surface area contributed by atoms with Crippen LogP contribution in [0.3, 0.4) is 0 Å². The average Bonchev–Trinajstić information content (AvgIpc) is 2.23. The number of nitrogens with zero attached hydrogens (tertiary/aromatic N) is 1. The summed E-state index contributed by atoms with van der Waals surface area (Å²) in [5.74, 6) is -0.991. The zero-order chi connectivity index (χ0) is 11.0. The van der Waals surface area contributed by atoms with Crippen molar-refractivity contribution in [2.24, 2.45) is 0 Å². The average molecular weight is 222 g/mol. The highest BCUT2D eigenvalue weighted by atomic mass is 35.5. The molecule has 76 valence electrons. The van der Waals surface area contributed by atoms with Crippen LogP contribution in [0, 0.1) is 6.92 Å². The van der Waals surface area contributed by atoms with Crippen molar-refractivity contribution in [3.8, 4) is 0 Å². The number of halogens is 1. The summed E-state index contributed by atoms with van der Waals surface area (Å²) in [6.45, 7) is 1.87. The van der Waals surface area contributed by atoms with Gasteiger partial charge in [-0.2, -0.15) is 0 Å². The van der Waals surface area contributed by atoms with Crippen LogP contribution in [0.2, 0.25) is 5.15 Å². The van der Waals surface area contributed by atoms with Crippen molar-refractivity contribution in [2.45, 2.75) is 6.92 Å². The van der Waals surface area contributed by atoms with E-state index in [0.29, 0.717) is 5.39 Å². The highest BCUT2D eigenvalue weighted by molar-refractivity contribution is 6.35. The molecule has 1 aromatic carbocycles. The maximum absolute atomic E-state index is 11.0. The molecule has 1 aromatic heterocycles. The molecule has 1 heterocycles. The molecule has 0 saturated heterocycles. The Morgan fingerprint density at radius 2 is 2.20 bits per heavy atom. The molecule has 0 unspecified atom stereocenters. The molecule has 3 nitrogen and oxygen atoms in total. The van der Waals surface area contributed by atoms with E-state index in [1.54, 1.807) is 12.3 Å². The fourth-order valence-electron chi connectivity index (χ4n) is 1.57. The molecule has 0 saturated carbocycles. The molecule has 4 heteroatoms. The Kier molecular flexibility index (Phi) is 2.32. The minimum absolute atomic E-state index is 0.189. The summed E-state index contributed by atoms with van der Waals surface area (Å²) in [6, 6.07) is 5.07. The summed E-state index contributed by atoms with van der Waals surface area (Å²) in [5, 5.41) is 10.6. The monoisotopic (exact) mass is 221 g/mol. The molecule has 0 aliphatic carbocycles. The van der Waals surface area contributed by atoms with Gasteiger partial charge in [-0.1, -0.05) is 23.7 Å². The summed E-state index contributed by atoms with van der Waals surface area (Å²) in [6.07, 6.45) is 1.64. The molecule has 0 bridgehead atoms. The number of pyridine rings is 1. The standard InChI is InChI=1S/C11H8ClNO2/c1-6-5-13-10(12)9-7(6)3-2-4-8(9)11(14)15/h2-5H,1H3,(H,14,15). The number of aryl methyl sites for hydroxylation is 1. The van der Waals surface area contributed by atoms with E-state index in [1.165, 1.54) is 6.07 Å². The summed E-state index contributed by atoms with van der Waals surface area (Å²) in [5.41, 5.74) is 1.10. The van der Waals surface area contributed by atoms with Crippen LogP contribution in [0.15, 0.2) is 24.4 Å². The van der Waals surface area contributed by atoms with Crippen molar-refractivity contribution in [1.29, 1.82) is 0 Å². The van der Waals surface area contributed by atoms with Crippen LogP contribution in [0.25, 0.3) is 10.8 Å². The van der Waals surface area contributed by atoms with Crippen LogP contribution in [0.4, 0.5) is 0 Å². The lowest BCUT2D eigenvalue weighted by Gasteiger charge is -2.06. The molecule has 0 fully saturated rings. The Hall–Kier alpha value is -1.61. The van der Waals surface area contributed by atoms with Crippen LogP contribution in [-0.2, 0) is 0 Å². The SMILES string of the molecule is Cc1cnc(Cl)c2c(C(=O)O)cccc12. The zero-order valence-corrected chi connectivity index (χ0v) is 8.75. The summed E-state index contributed by atoms with van der Waals surface area (Å²) < 4.78 is 0. The van der Waals surface area contributed by atoms with Gasteiger partial charge in [-0.05, 0) is 23.9 Å². The first-order valence-electron chi connectivity index (χ1n) is 4.38. The van der Waals surface area contributed by atoms with Crippen LogP contribution >= 0.6 is 11.6 Å². The molecule has 1 N–H and O–H groups in total. The third kappa shape index (κ3) is 1.55. The quantitative estimate of drug-likeness (QED) is 0.754. The van der Waals surface area contributed by atoms with E-state index in [9.17, 15) is 4.79 Å². The van der Waals surface area contributed by atoms with E-state index in [2.05, 4.69) is 4.98 Å². The maximum atomic E-state index is 11.0. The molecule has 0 radical (unpaired) electrons. The predicted octanol–water partition coefficient (Wildman–Crippen LogP) is 2.89. The van der Waals surface area contributed by atoms with Gasteiger partial charge in [0, 0.05) is 11.6 Å². The number of aromatic carboxylic acids is 1. The Labute approximate surface area is 91.3 Å². The van der Waals surface area contributed by atoms with Crippen molar-refractivity contribution in [3.63, 3.8) is 0 Å². The molecule has 0 aliphatic rings. The number of carboxylic acid groups (broad SMARTS) is 1. The van der Waals surface area contributed by atoms with Gasteiger partial charge >= 0.3 is 5.97 Å². The number of rotatable bonds is 1. The first kappa shape index (κ1) is 9.93. The normalized spacial score (nSPS) is 10.5. The molecule has 0 amide bonds. The van der Waals surface area contributed by atoms with Gasteiger partial charge in [0.25, 0.3) is 0 Å². The van der Waals surface area contributed by atoms with E-state index < -0.39 is 5.97 Å². The number of aromatic nitrogens is 1. The molecular weight excluding hydrogens is 214 g/mol. The Morgan fingerprint density at radius 1 is 1.47 bits per heavy atom. The van der Waals surface area contributed by atoms with Gasteiger partial charge in [0.15, 0.2) is 0 Å². The molecule has 0 aliphatic heterocycles. The number of hydrogen-bond acceptors (Lipinski definition) is 2. The lowest BCUT2D eigenvalue weighted by atomic mass is 10.0. The third-order valence-electron chi connectivity index (χ3n) is 2.30. The topological polar surface area (TPSA) is 50.2 Å². The molecule has 0 spiro atoms. The number of carbonyl (C=O) groups is 1. The smallest absolute Gasteiger partial charge is 0.336 e. The Balaban J connectivity index is 2.96. The summed E-state index contributed by atoms with van der Waals surface area (Å²) in [7, 11) is 0. The van der Waals surface area contributed by atoms with E-state index in [-0.39, 0.29) is 10.7 Å². The third-order valence-corrected chi connectivity index (χ3v) is 2.58. The second kappa shape index (κ2) is 3.51. The number of hydrogen-bond donors (Lipinski definition) is 1. The zero-order valence-electron chi connectivity index (χ0n) is 7.99. The van der Waals surface area contributed by atoms with Gasteiger partial charge in [0.05, 0.1) is 5.56 Å². The van der Waals surface area contributed by atoms with E-state index in [0.717, 1.165) is 10.9 Å². The first-order chi connectivity index (χ1) is 7.11. The lowest BCUT2D eigenvalue weighted by molar-refractivity contribution is 0.0699. The molecular formula is C11H8ClNO2. The van der Waals surface area contributed by atoms with Gasteiger partial charge in [-0.3, -0.25) is 0 Å². The van der Waals surface area contributed by atoms with Crippen molar-refractivity contribution in [1.82, 2.24) is 4.98 Å². The van der Waals surface area contributed by atoms with Crippen LogP contribution in [0.5, 0.6) is 0 Å². The maximum Gasteiger partial charge on any atom is 0.336 e. The Bertz CT molecular complexity index is 552. The van der Waals surface area contributed by atoms with Gasteiger partial charge in [-0.25, -0.2) is 9.78 Å². The van der Waals surface area contributed by atoms with Crippen molar-refractivity contribution in [2.75, 3.05) is 0 Å². The highest BCUT2D eigenvalue weighted by Gasteiger charge is 2.12. The summed E-state index contributed by atoms with van der Waals surface area (Å²) >= 11 is 5.90. The van der Waals surface area contributed by atoms with E-state index >= 15 is 0 Å². The predicted molar refractivity (Wildman–Crippen MR) is 58.4 cm³/mol. The number of fused-ring (bicyclic) bond motifs is 1. The number of benzene rings is 1. The first-order valence-corrected chi connectivity index (χ1v) is 4.76. The second-order valence-corrected chi connectivity index (χ2v) is 3.62. The van der Waals surface area contributed by atoms with Crippen LogP contribution < -0.4 is 0 Å². The fraction of sp³-hybridized carbons (Fsp3) is 0.0909. The highest BCUT2D eigenvalue weighted by Crippen LogP contribution is 2.27. The molecule has 15 heavy (non-hydrogen) atoms. The van der Waals surface area contributed by atoms with Crippen molar-refractivity contribution < 1.29 is 9.90 Å². The van der Waals surface area contributed by atoms with Crippen molar-refractivity contribution >= 4 is 28.3 Å². The van der Waals surface area contributed by atoms with Gasteiger partial charge in [0.2, 0.25) is 0 Å². The molecule has 2 rings (SSSR count). The minimum Gasteiger partial charge on any atom is -0.478 e. The number of carboxylic acids is 1. The van der Waals surface area contributed by atoms with Gasteiger partial charge < -0.3 is 5.11 Å².